The SMILES string of the molecule is COc1ccc2c(c1)CCN(c1ccc(F)cc1)C2=O. The number of amides is 1. The maximum Gasteiger partial charge on any atom is 0.258 e. The molecule has 0 saturated carbocycles. The Morgan fingerprint density at radius 2 is 1.90 bits per heavy atom. The minimum atomic E-state index is -0.302. The van der Waals surface area contributed by atoms with E-state index in [0.717, 1.165) is 23.4 Å². The highest BCUT2D eigenvalue weighted by atomic mass is 19.1. The summed E-state index contributed by atoms with van der Waals surface area (Å²) in [4.78, 5) is 14.2. The summed E-state index contributed by atoms with van der Waals surface area (Å²) in [6, 6.07) is 11.5. The Labute approximate surface area is 116 Å². The molecule has 102 valence electrons. The van der Waals surface area contributed by atoms with Crippen molar-refractivity contribution in [1.82, 2.24) is 0 Å². The highest BCUT2D eigenvalue weighted by Crippen LogP contribution is 2.27. The molecule has 0 aromatic heterocycles. The zero-order valence-electron chi connectivity index (χ0n) is 11.1. The molecule has 2 aromatic carbocycles. The van der Waals surface area contributed by atoms with Crippen molar-refractivity contribution in [2.75, 3.05) is 18.6 Å². The van der Waals surface area contributed by atoms with Gasteiger partial charge in [-0.15, -0.1) is 0 Å². The van der Waals surface area contributed by atoms with Gasteiger partial charge in [0.05, 0.1) is 7.11 Å². The second-order valence-corrected chi connectivity index (χ2v) is 4.71. The van der Waals surface area contributed by atoms with Crippen LogP contribution in [-0.4, -0.2) is 19.6 Å². The predicted octanol–water partition coefficient (Wildman–Crippen LogP) is 3.04. The lowest BCUT2D eigenvalue weighted by Gasteiger charge is -2.28. The van der Waals surface area contributed by atoms with Gasteiger partial charge in [-0.1, -0.05) is 0 Å². The van der Waals surface area contributed by atoms with Gasteiger partial charge in [0.1, 0.15) is 11.6 Å². The van der Waals surface area contributed by atoms with Crippen molar-refractivity contribution >= 4 is 11.6 Å². The molecule has 0 radical (unpaired) electrons. The topological polar surface area (TPSA) is 29.5 Å². The van der Waals surface area contributed by atoms with E-state index >= 15 is 0 Å². The number of methoxy groups -OCH3 is 1. The lowest BCUT2D eigenvalue weighted by molar-refractivity contribution is 0.0980. The first-order chi connectivity index (χ1) is 9.69. The molecule has 0 N–H and O–H groups in total. The fraction of sp³-hybridized carbons (Fsp3) is 0.188. The molecule has 0 saturated heterocycles. The molecule has 1 amide bonds. The number of fused-ring (bicyclic) bond motifs is 1. The summed E-state index contributed by atoms with van der Waals surface area (Å²) >= 11 is 0. The van der Waals surface area contributed by atoms with E-state index in [2.05, 4.69) is 0 Å². The second kappa shape index (κ2) is 4.96. The van der Waals surface area contributed by atoms with Crippen LogP contribution >= 0.6 is 0 Å². The molecule has 3 rings (SSSR count). The summed E-state index contributed by atoms with van der Waals surface area (Å²) in [7, 11) is 1.61. The monoisotopic (exact) mass is 271 g/mol. The maximum atomic E-state index is 13.0. The fourth-order valence-electron chi connectivity index (χ4n) is 2.46. The Kier molecular flexibility index (Phi) is 3.14. The lowest BCUT2D eigenvalue weighted by atomic mass is 9.98. The van der Waals surface area contributed by atoms with E-state index in [-0.39, 0.29) is 11.7 Å². The maximum absolute atomic E-state index is 13.0. The molecule has 0 unspecified atom stereocenters. The minimum Gasteiger partial charge on any atom is -0.497 e. The van der Waals surface area contributed by atoms with Crippen molar-refractivity contribution in [3.8, 4) is 5.75 Å². The van der Waals surface area contributed by atoms with Crippen LogP contribution in [0.5, 0.6) is 5.75 Å². The Hall–Kier alpha value is -2.36. The van der Waals surface area contributed by atoms with Gasteiger partial charge in [0.2, 0.25) is 0 Å². The quantitative estimate of drug-likeness (QED) is 0.840. The van der Waals surface area contributed by atoms with Crippen LogP contribution in [-0.2, 0) is 6.42 Å². The van der Waals surface area contributed by atoms with Crippen LogP contribution in [0.4, 0.5) is 10.1 Å². The first-order valence-electron chi connectivity index (χ1n) is 6.43. The molecule has 0 fully saturated rings. The molecule has 0 spiro atoms. The van der Waals surface area contributed by atoms with Crippen molar-refractivity contribution in [1.29, 1.82) is 0 Å². The molecule has 20 heavy (non-hydrogen) atoms. The van der Waals surface area contributed by atoms with Gasteiger partial charge in [0, 0.05) is 17.8 Å². The van der Waals surface area contributed by atoms with Crippen LogP contribution in [0.2, 0.25) is 0 Å². The Morgan fingerprint density at radius 1 is 1.15 bits per heavy atom. The van der Waals surface area contributed by atoms with Gasteiger partial charge in [0.25, 0.3) is 5.91 Å². The molecule has 1 aliphatic heterocycles. The zero-order chi connectivity index (χ0) is 14.1. The summed E-state index contributed by atoms with van der Waals surface area (Å²) in [5, 5.41) is 0. The number of hydrogen-bond acceptors (Lipinski definition) is 2. The molecule has 0 atom stereocenters. The molecular formula is C16H14FNO2. The van der Waals surface area contributed by atoms with Crippen molar-refractivity contribution in [2.24, 2.45) is 0 Å². The van der Waals surface area contributed by atoms with Gasteiger partial charge in [0.15, 0.2) is 0 Å². The molecule has 1 aliphatic rings. The number of carbonyl (C=O) groups is 1. The number of nitrogens with zero attached hydrogens (tertiary/aromatic N) is 1. The van der Waals surface area contributed by atoms with Crippen molar-refractivity contribution in [3.63, 3.8) is 0 Å². The van der Waals surface area contributed by atoms with Gasteiger partial charge in [-0.2, -0.15) is 0 Å². The largest absolute Gasteiger partial charge is 0.497 e. The standard InChI is InChI=1S/C16H14FNO2/c1-20-14-6-7-15-11(10-14)8-9-18(16(15)19)13-4-2-12(17)3-5-13/h2-7,10H,8-9H2,1H3. The number of hydrogen-bond donors (Lipinski definition) is 0. The first kappa shape index (κ1) is 12.7. The average molecular weight is 271 g/mol. The Bertz CT molecular complexity index is 652. The highest BCUT2D eigenvalue weighted by Gasteiger charge is 2.25. The summed E-state index contributed by atoms with van der Waals surface area (Å²) in [5.41, 5.74) is 2.40. The summed E-state index contributed by atoms with van der Waals surface area (Å²) in [5.74, 6) is 0.399. The molecule has 3 nitrogen and oxygen atoms in total. The fourth-order valence-corrected chi connectivity index (χ4v) is 2.46. The molecule has 4 heteroatoms. The Morgan fingerprint density at radius 3 is 2.60 bits per heavy atom. The lowest BCUT2D eigenvalue weighted by Crippen LogP contribution is -2.37. The van der Waals surface area contributed by atoms with E-state index in [1.807, 2.05) is 6.07 Å². The highest BCUT2D eigenvalue weighted by molar-refractivity contribution is 6.08. The molecular weight excluding hydrogens is 257 g/mol. The number of halogens is 1. The average Bonchev–Trinajstić information content (AvgIpc) is 2.48. The third kappa shape index (κ3) is 2.13. The Balaban J connectivity index is 1.94. The van der Waals surface area contributed by atoms with Crippen LogP contribution < -0.4 is 9.64 Å². The van der Waals surface area contributed by atoms with Gasteiger partial charge in [-0.25, -0.2) is 4.39 Å². The van der Waals surface area contributed by atoms with E-state index in [4.69, 9.17) is 4.74 Å². The van der Waals surface area contributed by atoms with Crippen LogP contribution in [0.1, 0.15) is 15.9 Å². The van der Waals surface area contributed by atoms with Crippen molar-refractivity contribution < 1.29 is 13.9 Å². The van der Waals surface area contributed by atoms with Crippen molar-refractivity contribution in [2.45, 2.75) is 6.42 Å². The number of benzene rings is 2. The van der Waals surface area contributed by atoms with Crippen LogP contribution in [0, 0.1) is 5.82 Å². The molecule has 0 aliphatic carbocycles. The van der Waals surface area contributed by atoms with Gasteiger partial charge >= 0.3 is 0 Å². The van der Waals surface area contributed by atoms with Crippen molar-refractivity contribution in [3.05, 3.63) is 59.4 Å². The summed E-state index contributed by atoms with van der Waals surface area (Å²) in [6.07, 6.45) is 0.760. The number of rotatable bonds is 2. The first-order valence-corrected chi connectivity index (χ1v) is 6.43. The third-order valence-electron chi connectivity index (χ3n) is 3.53. The van der Waals surface area contributed by atoms with E-state index in [1.165, 1.54) is 12.1 Å². The molecule has 2 aromatic rings. The summed E-state index contributed by atoms with van der Waals surface area (Å²) in [6.45, 7) is 0.588. The zero-order valence-corrected chi connectivity index (χ0v) is 11.1. The van der Waals surface area contributed by atoms with Crippen LogP contribution in [0.25, 0.3) is 0 Å². The second-order valence-electron chi connectivity index (χ2n) is 4.71. The van der Waals surface area contributed by atoms with E-state index in [1.54, 1.807) is 36.3 Å². The number of carbonyl (C=O) groups excluding carboxylic acids is 1. The molecule has 0 bridgehead atoms. The summed E-state index contributed by atoms with van der Waals surface area (Å²) < 4.78 is 18.1. The van der Waals surface area contributed by atoms with Gasteiger partial charge in [-0.3, -0.25) is 4.79 Å². The number of ether oxygens (including phenoxy) is 1. The van der Waals surface area contributed by atoms with E-state index in [9.17, 15) is 9.18 Å². The minimum absolute atomic E-state index is 0.0551. The smallest absolute Gasteiger partial charge is 0.258 e. The van der Waals surface area contributed by atoms with Crippen LogP contribution in [0.3, 0.4) is 0 Å². The van der Waals surface area contributed by atoms with E-state index < -0.39 is 0 Å². The normalized spacial score (nSPS) is 14.1. The predicted molar refractivity (Wildman–Crippen MR) is 74.8 cm³/mol. The number of anilines is 1. The van der Waals surface area contributed by atoms with Gasteiger partial charge < -0.3 is 9.64 Å². The molecule has 1 heterocycles. The van der Waals surface area contributed by atoms with Gasteiger partial charge in [-0.05, 0) is 54.4 Å². The third-order valence-corrected chi connectivity index (χ3v) is 3.53. The van der Waals surface area contributed by atoms with Crippen LogP contribution in [0.15, 0.2) is 42.5 Å². The van der Waals surface area contributed by atoms with E-state index in [0.29, 0.717) is 12.1 Å².